The Balaban J connectivity index is 1.28. The number of nitrogens with one attached hydrogen (secondary N) is 2. The molecule has 0 saturated carbocycles. The van der Waals surface area contributed by atoms with Crippen LogP contribution in [0, 0.1) is 24.6 Å². The van der Waals surface area contributed by atoms with Gasteiger partial charge in [0.2, 0.25) is 0 Å². The number of rotatable bonds is 14. The van der Waals surface area contributed by atoms with Crippen LogP contribution < -0.4 is 20.3 Å². The van der Waals surface area contributed by atoms with Crippen molar-refractivity contribution in [2.24, 2.45) is 0 Å². The molecule has 0 aliphatic heterocycles. The normalized spacial score (nSPS) is 10.9. The average Bonchev–Trinajstić information content (AvgIpc) is 3.66. The van der Waals surface area contributed by atoms with Gasteiger partial charge in [-0.15, -0.1) is 21.5 Å². The molecule has 3 heterocycles. The van der Waals surface area contributed by atoms with E-state index in [0.717, 1.165) is 31.8 Å². The number of halogens is 2. The number of benzene rings is 2. The number of alkyl halides is 1. The highest BCUT2D eigenvalue weighted by atomic mass is 127. The SMILES string of the molecule is CNCC#Cc1ccc(OCCCc2sc(N(CCCI)c3cc(C)c(Nc4nc5ccccc5s4)nn3)nc2C(=O)O)c(F)c1. The van der Waals surface area contributed by atoms with E-state index < -0.39 is 11.8 Å². The van der Waals surface area contributed by atoms with Crippen LogP contribution in [0.1, 0.15) is 39.3 Å². The molecule has 0 saturated heterocycles. The van der Waals surface area contributed by atoms with Gasteiger partial charge in [0.05, 0.1) is 23.4 Å². The van der Waals surface area contributed by atoms with Gasteiger partial charge >= 0.3 is 5.97 Å². The van der Waals surface area contributed by atoms with E-state index in [2.05, 4.69) is 65.2 Å². The molecule has 3 N–H and O–H groups in total. The van der Waals surface area contributed by atoms with Crippen LogP contribution >= 0.6 is 45.3 Å². The standard InChI is InChI=1S/C32H31FIN7O3S2/c1-20-18-27(39-40-29(20)38-31-36-23-9-3-4-10-25(23)45-31)41(16-7-14-34)32-37-28(30(42)43)26(46-32)11-6-17-44-24-13-12-21(19-22(24)33)8-5-15-35-2/h3-4,9-10,12-13,18-19,35H,6-7,11,14-17H2,1-2H3,(H,42,43)(H,36,38,40). The summed E-state index contributed by atoms with van der Waals surface area (Å²) in [7, 11) is 1.79. The maximum absolute atomic E-state index is 14.5. The Kier molecular flexibility index (Phi) is 11.7. The highest BCUT2D eigenvalue weighted by Gasteiger charge is 2.23. The molecular formula is C32H31FIN7O3S2. The van der Waals surface area contributed by atoms with Crippen molar-refractivity contribution in [3.63, 3.8) is 0 Å². The van der Waals surface area contributed by atoms with E-state index in [0.29, 0.717) is 53.1 Å². The van der Waals surface area contributed by atoms with Crippen LogP contribution in [0.4, 0.5) is 26.3 Å². The monoisotopic (exact) mass is 771 g/mol. The topological polar surface area (TPSA) is 125 Å². The summed E-state index contributed by atoms with van der Waals surface area (Å²) in [5, 5.41) is 26.3. The van der Waals surface area contributed by atoms with E-state index in [9.17, 15) is 14.3 Å². The summed E-state index contributed by atoms with van der Waals surface area (Å²) in [5.74, 6) is 5.48. The van der Waals surface area contributed by atoms with E-state index in [1.54, 1.807) is 19.2 Å². The van der Waals surface area contributed by atoms with E-state index in [1.165, 1.54) is 28.7 Å². The fourth-order valence-corrected chi connectivity index (χ4v) is 6.75. The third kappa shape index (κ3) is 8.46. The molecule has 5 rings (SSSR count). The van der Waals surface area contributed by atoms with E-state index in [1.807, 2.05) is 42.2 Å². The third-order valence-corrected chi connectivity index (χ3v) is 9.49. The first-order valence-electron chi connectivity index (χ1n) is 14.5. The summed E-state index contributed by atoms with van der Waals surface area (Å²) < 4.78 is 22.2. The lowest BCUT2D eigenvalue weighted by molar-refractivity contribution is 0.0690. The van der Waals surface area contributed by atoms with Crippen LogP contribution in [0.2, 0.25) is 0 Å². The number of aromatic nitrogens is 4. The Bertz CT molecular complexity index is 1860. The minimum absolute atomic E-state index is 0.00560. The lowest BCUT2D eigenvalue weighted by Crippen LogP contribution is -2.21. The van der Waals surface area contributed by atoms with Gasteiger partial charge in [-0.1, -0.05) is 57.9 Å². The van der Waals surface area contributed by atoms with Crippen LogP contribution in [0.5, 0.6) is 5.75 Å². The first kappa shape index (κ1) is 33.5. The Labute approximate surface area is 287 Å². The second-order valence-corrected chi connectivity index (χ2v) is 13.2. The van der Waals surface area contributed by atoms with Gasteiger partial charge in [0.15, 0.2) is 39.2 Å². The maximum Gasteiger partial charge on any atom is 0.355 e. The van der Waals surface area contributed by atoms with Gasteiger partial charge in [0.25, 0.3) is 0 Å². The number of anilines is 4. The Hall–Kier alpha value is -3.91. The van der Waals surface area contributed by atoms with Crippen molar-refractivity contribution in [1.82, 2.24) is 25.5 Å². The number of aromatic carboxylic acids is 1. The minimum Gasteiger partial charge on any atom is -0.491 e. The van der Waals surface area contributed by atoms with Crippen LogP contribution in [0.15, 0.2) is 48.5 Å². The van der Waals surface area contributed by atoms with Crippen LogP contribution in [0.3, 0.4) is 0 Å². The summed E-state index contributed by atoms with van der Waals surface area (Å²) >= 11 is 5.16. The molecule has 14 heteroatoms. The quantitative estimate of drug-likeness (QED) is 0.0472. The number of hydrogen-bond donors (Lipinski definition) is 3. The number of carboxylic acid groups (broad SMARTS) is 1. The van der Waals surface area contributed by atoms with E-state index >= 15 is 0 Å². The van der Waals surface area contributed by atoms with Crippen molar-refractivity contribution in [2.75, 3.05) is 41.4 Å². The molecule has 2 aromatic carbocycles. The number of thiazole rings is 2. The van der Waals surface area contributed by atoms with Crippen molar-refractivity contribution >= 4 is 83.3 Å². The van der Waals surface area contributed by atoms with Gasteiger partial charge in [-0.25, -0.2) is 19.2 Å². The number of nitrogens with zero attached hydrogens (tertiary/aromatic N) is 5. The van der Waals surface area contributed by atoms with Crippen LogP contribution in [-0.2, 0) is 6.42 Å². The highest BCUT2D eigenvalue weighted by molar-refractivity contribution is 14.1. The van der Waals surface area contributed by atoms with Gasteiger partial charge in [-0.05, 0) is 75.2 Å². The maximum atomic E-state index is 14.5. The van der Waals surface area contributed by atoms with Crippen molar-refractivity contribution in [1.29, 1.82) is 0 Å². The largest absolute Gasteiger partial charge is 0.491 e. The predicted octanol–water partition coefficient (Wildman–Crippen LogP) is 6.98. The van der Waals surface area contributed by atoms with E-state index in [4.69, 9.17) is 4.74 Å². The van der Waals surface area contributed by atoms with Gasteiger partial charge in [-0.3, -0.25) is 0 Å². The second kappa shape index (κ2) is 16.1. The highest BCUT2D eigenvalue weighted by Crippen LogP contribution is 2.34. The summed E-state index contributed by atoms with van der Waals surface area (Å²) in [6, 6.07) is 14.4. The van der Waals surface area contributed by atoms with Gasteiger partial charge in [0, 0.05) is 21.4 Å². The predicted molar refractivity (Wildman–Crippen MR) is 190 cm³/mol. The number of carbonyl (C=O) groups is 1. The number of fused-ring (bicyclic) bond motifs is 1. The molecule has 0 atom stereocenters. The fourth-order valence-electron chi connectivity index (χ4n) is 4.42. The molecule has 3 aromatic heterocycles. The Morgan fingerprint density at radius 3 is 2.72 bits per heavy atom. The molecule has 0 fully saturated rings. The van der Waals surface area contributed by atoms with Crippen molar-refractivity contribution in [2.45, 2.75) is 26.2 Å². The summed E-state index contributed by atoms with van der Waals surface area (Å²) in [6.45, 7) is 3.25. The molecule has 0 radical (unpaired) electrons. The zero-order valence-corrected chi connectivity index (χ0v) is 28.9. The van der Waals surface area contributed by atoms with Gasteiger partial charge < -0.3 is 25.4 Å². The average molecular weight is 772 g/mol. The minimum atomic E-state index is -1.11. The first-order chi connectivity index (χ1) is 22.4. The van der Waals surface area contributed by atoms with Crippen molar-refractivity contribution < 1.29 is 19.0 Å². The molecule has 5 aromatic rings. The lowest BCUT2D eigenvalue weighted by atomic mass is 10.2. The summed E-state index contributed by atoms with van der Waals surface area (Å²) in [6.07, 6.45) is 1.72. The molecule has 0 spiro atoms. The number of para-hydroxylation sites is 1. The van der Waals surface area contributed by atoms with Crippen molar-refractivity contribution in [3.05, 3.63) is 76.0 Å². The number of hydrogen-bond acceptors (Lipinski definition) is 11. The molecular weight excluding hydrogens is 740 g/mol. The van der Waals surface area contributed by atoms with Gasteiger partial charge in [-0.2, -0.15) is 0 Å². The van der Waals surface area contributed by atoms with Crippen LogP contribution in [-0.4, -0.2) is 62.4 Å². The summed E-state index contributed by atoms with van der Waals surface area (Å²) in [4.78, 5) is 23.8. The van der Waals surface area contributed by atoms with E-state index in [-0.39, 0.29) is 18.1 Å². The molecule has 0 aliphatic rings. The molecule has 0 amide bonds. The molecule has 0 aliphatic carbocycles. The zero-order valence-electron chi connectivity index (χ0n) is 25.1. The number of aryl methyl sites for hydroxylation is 2. The fraction of sp³-hybridized carbons (Fsp3) is 0.281. The molecule has 0 unspecified atom stereocenters. The van der Waals surface area contributed by atoms with Crippen molar-refractivity contribution in [3.8, 4) is 17.6 Å². The van der Waals surface area contributed by atoms with Gasteiger partial charge in [0.1, 0.15) is 0 Å². The third-order valence-electron chi connectivity index (χ3n) is 6.64. The number of carboxylic acids is 1. The Morgan fingerprint density at radius 2 is 1.98 bits per heavy atom. The summed E-state index contributed by atoms with van der Waals surface area (Å²) in [5.41, 5.74) is 2.33. The molecule has 46 heavy (non-hydrogen) atoms. The number of ether oxygens (including phenoxy) is 1. The molecule has 238 valence electrons. The molecule has 0 bridgehead atoms. The van der Waals surface area contributed by atoms with Crippen LogP contribution in [0.25, 0.3) is 10.2 Å². The lowest BCUT2D eigenvalue weighted by Gasteiger charge is -2.20. The Morgan fingerprint density at radius 1 is 1.13 bits per heavy atom. The smallest absolute Gasteiger partial charge is 0.355 e. The molecule has 10 nitrogen and oxygen atoms in total. The first-order valence-corrected chi connectivity index (χ1v) is 17.6. The second-order valence-electron chi connectivity index (χ2n) is 10.0. The zero-order chi connectivity index (χ0) is 32.5.